The Labute approximate surface area is 101 Å². The zero-order valence-electron chi connectivity index (χ0n) is 10.0. The van der Waals surface area contributed by atoms with Gasteiger partial charge < -0.3 is 9.69 Å². The normalized spacial score (nSPS) is 17.2. The lowest BCUT2D eigenvalue weighted by Crippen LogP contribution is -2.47. The number of carbonyl (C=O) groups is 1. The molecule has 0 amide bonds. The minimum Gasteiger partial charge on any atom is -0.367 e. The Morgan fingerprint density at radius 1 is 1.29 bits per heavy atom. The van der Waals surface area contributed by atoms with Crippen LogP contribution in [0.25, 0.3) is 0 Å². The molecule has 3 nitrogen and oxygen atoms in total. The Morgan fingerprint density at radius 3 is 2.59 bits per heavy atom. The molecule has 1 aliphatic rings. The molecule has 1 fully saturated rings. The van der Waals surface area contributed by atoms with Crippen molar-refractivity contribution in [2.75, 3.05) is 37.6 Å². The second-order valence-electron chi connectivity index (χ2n) is 4.41. The summed E-state index contributed by atoms with van der Waals surface area (Å²) in [5.41, 5.74) is 1.60. The lowest BCUT2D eigenvalue weighted by atomic mass is 10.2. The molecule has 0 saturated carbocycles. The number of anilines is 1. The van der Waals surface area contributed by atoms with Crippen molar-refractivity contribution in [3.05, 3.63) is 29.6 Å². The van der Waals surface area contributed by atoms with E-state index in [1.807, 2.05) is 24.0 Å². The predicted octanol–water partition coefficient (Wildman–Crippen LogP) is 1.46. The molecule has 1 saturated heterocycles. The standard InChI is InChI=1S/C13H17FN2O/c1-11-2-3-13(12(14)10-11)16-6-4-15(5-7-16)8-9-17/h2-3,9-10H,4-8H2,1H3. The quantitative estimate of drug-likeness (QED) is 0.742. The van der Waals surface area contributed by atoms with Gasteiger partial charge in [0.1, 0.15) is 12.1 Å². The summed E-state index contributed by atoms with van der Waals surface area (Å²) in [4.78, 5) is 14.5. The number of carbonyl (C=O) groups excluding carboxylic acids is 1. The number of nitrogens with zero attached hydrogens (tertiary/aromatic N) is 2. The Balaban J connectivity index is 2.02. The smallest absolute Gasteiger partial charge is 0.146 e. The van der Waals surface area contributed by atoms with Gasteiger partial charge in [-0.1, -0.05) is 6.07 Å². The van der Waals surface area contributed by atoms with E-state index in [4.69, 9.17) is 0 Å². The molecule has 1 aliphatic heterocycles. The van der Waals surface area contributed by atoms with Crippen LogP contribution < -0.4 is 4.90 Å². The van der Waals surface area contributed by atoms with Crippen molar-refractivity contribution >= 4 is 12.0 Å². The predicted molar refractivity (Wildman–Crippen MR) is 65.9 cm³/mol. The van der Waals surface area contributed by atoms with Crippen molar-refractivity contribution in [2.24, 2.45) is 0 Å². The van der Waals surface area contributed by atoms with Gasteiger partial charge in [0.15, 0.2) is 0 Å². The number of aldehydes is 1. The van der Waals surface area contributed by atoms with Crippen molar-refractivity contribution in [1.82, 2.24) is 4.90 Å². The van der Waals surface area contributed by atoms with E-state index in [0.29, 0.717) is 12.2 Å². The van der Waals surface area contributed by atoms with Gasteiger partial charge in [0.2, 0.25) is 0 Å². The first-order valence-corrected chi connectivity index (χ1v) is 5.88. The van der Waals surface area contributed by atoms with Crippen LogP contribution in [-0.2, 0) is 4.79 Å². The molecule has 0 aliphatic carbocycles. The van der Waals surface area contributed by atoms with E-state index in [9.17, 15) is 9.18 Å². The summed E-state index contributed by atoms with van der Waals surface area (Å²) in [6.07, 6.45) is 0.919. The Kier molecular flexibility index (Phi) is 3.74. The molecule has 4 heteroatoms. The maximum Gasteiger partial charge on any atom is 0.146 e. The van der Waals surface area contributed by atoms with Gasteiger partial charge in [-0.2, -0.15) is 0 Å². The zero-order chi connectivity index (χ0) is 12.3. The summed E-state index contributed by atoms with van der Waals surface area (Å²) in [5, 5.41) is 0. The summed E-state index contributed by atoms with van der Waals surface area (Å²) in [6.45, 7) is 5.53. The van der Waals surface area contributed by atoms with E-state index >= 15 is 0 Å². The number of hydrogen-bond acceptors (Lipinski definition) is 3. The number of benzene rings is 1. The second-order valence-corrected chi connectivity index (χ2v) is 4.41. The maximum absolute atomic E-state index is 13.8. The van der Waals surface area contributed by atoms with Crippen molar-refractivity contribution in [1.29, 1.82) is 0 Å². The summed E-state index contributed by atoms with van der Waals surface area (Å²) in [6, 6.07) is 5.32. The Bertz CT molecular complexity index is 400. The largest absolute Gasteiger partial charge is 0.367 e. The highest BCUT2D eigenvalue weighted by Gasteiger charge is 2.18. The lowest BCUT2D eigenvalue weighted by Gasteiger charge is -2.35. The van der Waals surface area contributed by atoms with Gasteiger partial charge in [-0.05, 0) is 24.6 Å². The molecule has 1 heterocycles. The first-order chi connectivity index (χ1) is 8.20. The molecule has 0 radical (unpaired) electrons. The number of rotatable bonds is 3. The monoisotopic (exact) mass is 236 g/mol. The molecule has 2 rings (SSSR count). The fraction of sp³-hybridized carbons (Fsp3) is 0.462. The minimum atomic E-state index is -0.158. The third-order valence-electron chi connectivity index (χ3n) is 3.15. The van der Waals surface area contributed by atoms with Crippen molar-refractivity contribution in [3.63, 3.8) is 0 Å². The average molecular weight is 236 g/mol. The zero-order valence-corrected chi connectivity index (χ0v) is 10.0. The highest BCUT2D eigenvalue weighted by Crippen LogP contribution is 2.21. The molecule has 92 valence electrons. The van der Waals surface area contributed by atoms with Crippen LogP contribution in [0.3, 0.4) is 0 Å². The van der Waals surface area contributed by atoms with Gasteiger partial charge in [-0.3, -0.25) is 4.90 Å². The third-order valence-corrected chi connectivity index (χ3v) is 3.15. The van der Waals surface area contributed by atoms with Gasteiger partial charge in [0.05, 0.1) is 12.2 Å². The highest BCUT2D eigenvalue weighted by molar-refractivity contribution is 5.53. The molecule has 0 aromatic heterocycles. The summed E-state index contributed by atoms with van der Waals surface area (Å²) >= 11 is 0. The van der Waals surface area contributed by atoms with E-state index in [1.54, 1.807) is 6.07 Å². The third kappa shape index (κ3) is 2.82. The van der Waals surface area contributed by atoms with Crippen LogP contribution >= 0.6 is 0 Å². The van der Waals surface area contributed by atoms with E-state index in [2.05, 4.69) is 4.90 Å². The number of hydrogen-bond donors (Lipinski definition) is 0. The van der Waals surface area contributed by atoms with Gasteiger partial charge in [0.25, 0.3) is 0 Å². The molecule has 0 N–H and O–H groups in total. The first kappa shape index (κ1) is 12.0. The first-order valence-electron chi connectivity index (χ1n) is 5.88. The molecular formula is C13H17FN2O. The molecule has 0 bridgehead atoms. The molecule has 0 spiro atoms. The van der Waals surface area contributed by atoms with Crippen LogP contribution in [0.4, 0.5) is 10.1 Å². The SMILES string of the molecule is Cc1ccc(N2CCN(CC=O)CC2)c(F)c1. The molecule has 1 aromatic carbocycles. The van der Waals surface area contributed by atoms with Gasteiger partial charge in [-0.15, -0.1) is 0 Å². The maximum atomic E-state index is 13.8. The van der Waals surface area contributed by atoms with E-state index < -0.39 is 0 Å². The topological polar surface area (TPSA) is 23.6 Å². The van der Waals surface area contributed by atoms with Crippen LogP contribution in [0, 0.1) is 12.7 Å². The number of aryl methyl sites for hydroxylation is 1. The molecule has 17 heavy (non-hydrogen) atoms. The molecule has 0 atom stereocenters. The summed E-state index contributed by atoms with van der Waals surface area (Å²) in [5.74, 6) is -0.158. The fourth-order valence-corrected chi connectivity index (χ4v) is 2.15. The minimum absolute atomic E-state index is 0.158. The lowest BCUT2D eigenvalue weighted by molar-refractivity contribution is -0.108. The van der Waals surface area contributed by atoms with Gasteiger partial charge in [0, 0.05) is 26.2 Å². The number of halogens is 1. The number of piperazine rings is 1. The summed E-state index contributed by atoms with van der Waals surface area (Å²) < 4.78 is 13.8. The highest BCUT2D eigenvalue weighted by atomic mass is 19.1. The summed E-state index contributed by atoms with van der Waals surface area (Å²) in [7, 11) is 0. The molecule has 0 unspecified atom stereocenters. The van der Waals surface area contributed by atoms with Gasteiger partial charge >= 0.3 is 0 Å². The van der Waals surface area contributed by atoms with E-state index in [1.165, 1.54) is 0 Å². The van der Waals surface area contributed by atoms with E-state index in [-0.39, 0.29) is 5.82 Å². The second kappa shape index (κ2) is 5.27. The van der Waals surface area contributed by atoms with Crippen LogP contribution in [0.1, 0.15) is 5.56 Å². The van der Waals surface area contributed by atoms with Crippen molar-refractivity contribution in [2.45, 2.75) is 6.92 Å². The Morgan fingerprint density at radius 2 is 2.00 bits per heavy atom. The Hall–Kier alpha value is -1.42. The molecule has 1 aromatic rings. The van der Waals surface area contributed by atoms with E-state index in [0.717, 1.165) is 38.0 Å². The van der Waals surface area contributed by atoms with Crippen molar-refractivity contribution in [3.8, 4) is 0 Å². The van der Waals surface area contributed by atoms with Crippen molar-refractivity contribution < 1.29 is 9.18 Å². The average Bonchev–Trinajstić information content (AvgIpc) is 2.31. The van der Waals surface area contributed by atoms with Crippen LogP contribution in [0.15, 0.2) is 18.2 Å². The van der Waals surface area contributed by atoms with Crippen LogP contribution in [0.2, 0.25) is 0 Å². The van der Waals surface area contributed by atoms with Crippen LogP contribution in [0.5, 0.6) is 0 Å². The van der Waals surface area contributed by atoms with Crippen LogP contribution in [-0.4, -0.2) is 43.9 Å². The van der Waals surface area contributed by atoms with Gasteiger partial charge in [-0.25, -0.2) is 4.39 Å². The fourth-order valence-electron chi connectivity index (χ4n) is 2.15. The molecular weight excluding hydrogens is 219 g/mol.